The second-order valence-electron chi connectivity index (χ2n) is 7.42. The van der Waals surface area contributed by atoms with Gasteiger partial charge in [0.05, 0.1) is 26.0 Å². The summed E-state index contributed by atoms with van der Waals surface area (Å²) in [5.74, 6) is 1.98. The molecule has 0 aliphatic carbocycles. The van der Waals surface area contributed by atoms with Crippen molar-refractivity contribution in [2.24, 2.45) is 0 Å². The van der Waals surface area contributed by atoms with Gasteiger partial charge in [0.25, 0.3) is 0 Å². The van der Waals surface area contributed by atoms with Gasteiger partial charge in [-0.3, -0.25) is 0 Å². The molecule has 0 aromatic heterocycles. The lowest BCUT2D eigenvalue weighted by Crippen LogP contribution is -2.39. The number of anilines is 1. The predicted octanol–water partition coefficient (Wildman–Crippen LogP) is 4.59. The van der Waals surface area contributed by atoms with Gasteiger partial charge < -0.3 is 24.8 Å². The molecule has 2 amide bonds. The molecule has 152 valence electrons. The number of carbonyl (C=O) groups excluding carboxylic acids is 1. The topological polar surface area (TPSA) is 68.8 Å². The Hall–Kier alpha value is -2.89. The van der Waals surface area contributed by atoms with Crippen molar-refractivity contribution >= 4 is 11.7 Å². The molecule has 0 unspecified atom stereocenters. The van der Waals surface area contributed by atoms with Crippen LogP contribution < -0.4 is 24.8 Å². The SMILES string of the molecule is COc1ccc(C(C)(C)CNC(=O)Nc2ccccc2OC(C)C)cc1OC. The van der Waals surface area contributed by atoms with E-state index in [0.717, 1.165) is 5.56 Å². The van der Waals surface area contributed by atoms with Gasteiger partial charge in [0.1, 0.15) is 5.75 Å². The number of hydrogen-bond acceptors (Lipinski definition) is 4. The molecule has 28 heavy (non-hydrogen) atoms. The summed E-state index contributed by atoms with van der Waals surface area (Å²) in [6.45, 7) is 8.46. The molecular weight excluding hydrogens is 356 g/mol. The van der Waals surface area contributed by atoms with E-state index in [1.54, 1.807) is 14.2 Å². The Labute approximate surface area is 167 Å². The number of carbonyl (C=O) groups is 1. The van der Waals surface area contributed by atoms with Crippen molar-refractivity contribution in [1.82, 2.24) is 5.32 Å². The molecule has 0 atom stereocenters. The summed E-state index contributed by atoms with van der Waals surface area (Å²) in [6.07, 6.45) is 0.0231. The van der Waals surface area contributed by atoms with Crippen LogP contribution in [-0.4, -0.2) is 32.9 Å². The van der Waals surface area contributed by atoms with E-state index in [9.17, 15) is 4.79 Å². The molecule has 2 rings (SSSR count). The van der Waals surface area contributed by atoms with Crippen LogP contribution in [0.25, 0.3) is 0 Å². The van der Waals surface area contributed by atoms with Gasteiger partial charge in [0.2, 0.25) is 0 Å². The van der Waals surface area contributed by atoms with Gasteiger partial charge in [-0.15, -0.1) is 0 Å². The van der Waals surface area contributed by atoms with E-state index >= 15 is 0 Å². The van der Waals surface area contributed by atoms with Crippen LogP contribution in [0.5, 0.6) is 17.2 Å². The number of hydrogen-bond donors (Lipinski definition) is 2. The van der Waals surface area contributed by atoms with Crippen LogP contribution in [0.15, 0.2) is 42.5 Å². The summed E-state index contributed by atoms with van der Waals surface area (Å²) in [6, 6.07) is 12.9. The van der Waals surface area contributed by atoms with Crippen molar-refractivity contribution in [3.8, 4) is 17.2 Å². The summed E-state index contributed by atoms with van der Waals surface area (Å²) in [4.78, 5) is 12.4. The predicted molar refractivity (Wildman–Crippen MR) is 112 cm³/mol. The molecule has 0 aliphatic heterocycles. The summed E-state index contributed by atoms with van der Waals surface area (Å²) < 4.78 is 16.4. The molecule has 0 bridgehead atoms. The van der Waals surface area contributed by atoms with Gasteiger partial charge in [-0.05, 0) is 43.7 Å². The number of urea groups is 1. The minimum atomic E-state index is -0.301. The Bertz CT molecular complexity index is 803. The number of ether oxygens (including phenoxy) is 3. The van der Waals surface area contributed by atoms with E-state index in [2.05, 4.69) is 24.5 Å². The summed E-state index contributed by atoms with van der Waals surface area (Å²) in [7, 11) is 3.21. The molecule has 6 heteroatoms. The van der Waals surface area contributed by atoms with Crippen LogP contribution in [0, 0.1) is 0 Å². The maximum Gasteiger partial charge on any atom is 0.319 e. The van der Waals surface area contributed by atoms with Crippen molar-refractivity contribution in [2.75, 3.05) is 26.1 Å². The van der Waals surface area contributed by atoms with Crippen LogP contribution in [0.3, 0.4) is 0 Å². The first-order valence-corrected chi connectivity index (χ1v) is 9.30. The highest BCUT2D eigenvalue weighted by atomic mass is 16.5. The van der Waals surface area contributed by atoms with Gasteiger partial charge in [0.15, 0.2) is 11.5 Å². The summed E-state index contributed by atoms with van der Waals surface area (Å²) in [5, 5.41) is 5.80. The Balaban J connectivity index is 2.04. The Morgan fingerprint density at radius 3 is 2.32 bits per heavy atom. The fourth-order valence-electron chi connectivity index (χ4n) is 2.75. The fraction of sp³-hybridized carbons (Fsp3) is 0.409. The highest BCUT2D eigenvalue weighted by Crippen LogP contribution is 2.33. The van der Waals surface area contributed by atoms with Gasteiger partial charge in [-0.2, -0.15) is 0 Å². The molecule has 0 radical (unpaired) electrons. The Morgan fingerprint density at radius 2 is 1.68 bits per heavy atom. The first kappa shape index (κ1) is 21.4. The fourth-order valence-corrected chi connectivity index (χ4v) is 2.75. The summed E-state index contributed by atoms with van der Waals surface area (Å²) in [5.41, 5.74) is 1.37. The van der Waals surface area contributed by atoms with Gasteiger partial charge in [-0.25, -0.2) is 4.79 Å². The monoisotopic (exact) mass is 386 g/mol. The molecule has 0 heterocycles. The Morgan fingerprint density at radius 1 is 1.00 bits per heavy atom. The first-order chi connectivity index (χ1) is 13.3. The maximum atomic E-state index is 12.4. The summed E-state index contributed by atoms with van der Waals surface area (Å²) >= 11 is 0. The number of amides is 2. The van der Waals surface area contributed by atoms with Crippen molar-refractivity contribution in [2.45, 2.75) is 39.2 Å². The number of benzene rings is 2. The molecule has 0 fully saturated rings. The molecule has 0 saturated heterocycles. The molecule has 0 spiro atoms. The first-order valence-electron chi connectivity index (χ1n) is 9.30. The van der Waals surface area contributed by atoms with E-state index in [1.165, 1.54) is 0 Å². The third-order valence-corrected chi connectivity index (χ3v) is 4.35. The quantitative estimate of drug-likeness (QED) is 0.696. The lowest BCUT2D eigenvalue weighted by molar-refractivity contribution is 0.241. The zero-order chi connectivity index (χ0) is 20.7. The second kappa shape index (κ2) is 9.35. The average Bonchev–Trinajstić information content (AvgIpc) is 2.67. The molecule has 2 aromatic carbocycles. The zero-order valence-corrected chi connectivity index (χ0v) is 17.5. The van der Waals surface area contributed by atoms with Gasteiger partial charge >= 0.3 is 6.03 Å². The van der Waals surface area contributed by atoms with Crippen molar-refractivity contribution in [1.29, 1.82) is 0 Å². The van der Waals surface area contributed by atoms with E-state index in [4.69, 9.17) is 14.2 Å². The third-order valence-electron chi connectivity index (χ3n) is 4.35. The van der Waals surface area contributed by atoms with Crippen LogP contribution >= 0.6 is 0 Å². The van der Waals surface area contributed by atoms with Crippen molar-refractivity contribution in [3.63, 3.8) is 0 Å². The minimum absolute atomic E-state index is 0.0231. The van der Waals surface area contributed by atoms with Gasteiger partial charge in [-0.1, -0.05) is 32.0 Å². The number of para-hydroxylation sites is 2. The molecule has 2 aromatic rings. The normalized spacial score (nSPS) is 11.1. The zero-order valence-electron chi connectivity index (χ0n) is 17.5. The van der Waals surface area contributed by atoms with Gasteiger partial charge in [0, 0.05) is 12.0 Å². The molecule has 0 saturated carbocycles. The largest absolute Gasteiger partial charge is 0.493 e. The Kier molecular flexibility index (Phi) is 7.15. The van der Waals surface area contributed by atoms with Crippen LogP contribution in [0.1, 0.15) is 33.3 Å². The van der Waals surface area contributed by atoms with E-state index in [-0.39, 0.29) is 17.6 Å². The highest BCUT2D eigenvalue weighted by molar-refractivity contribution is 5.90. The van der Waals surface area contributed by atoms with Crippen LogP contribution in [0.2, 0.25) is 0 Å². The lowest BCUT2D eigenvalue weighted by Gasteiger charge is -2.26. The molecular formula is C22H30N2O4. The molecule has 2 N–H and O–H groups in total. The molecule has 0 aliphatic rings. The third kappa shape index (κ3) is 5.55. The average molecular weight is 386 g/mol. The number of rotatable bonds is 8. The lowest BCUT2D eigenvalue weighted by atomic mass is 9.84. The number of methoxy groups -OCH3 is 2. The minimum Gasteiger partial charge on any atom is -0.493 e. The standard InChI is InChI=1S/C22H30N2O4/c1-15(2)28-18-10-8-7-9-17(18)24-21(25)23-14-22(3,4)16-11-12-19(26-5)20(13-16)27-6/h7-13,15H,14H2,1-6H3,(H2,23,24,25). The molecule has 6 nitrogen and oxygen atoms in total. The van der Waals surface area contributed by atoms with Crippen molar-refractivity contribution < 1.29 is 19.0 Å². The van der Waals surface area contributed by atoms with Crippen LogP contribution in [-0.2, 0) is 5.41 Å². The van der Waals surface area contributed by atoms with E-state index in [1.807, 2.05) is 56.3 Å². The number of nitrogens with one attached hydrogen (secondary N) is 2. The maximum absolute atomic E-state index is 12.4. The van der Waals surface area contributed by atoms with E-state index in [0.29, 0.717) is 29.5 Å². The van der Waals surface area contributed by atoms with Crippen molar-refractivity contribution in [3.05, 3.63) is 48.0 Å². The smallest absolute Gasteiger partial charge is 0.319 e. The highest BCUT2D eigenvalue weighted by Gasteiger charge is 2.23. The van der Waals surface area contributed by atoms with Crippen LogP contribution in [0.4, 0.5) is 10.5 Å². The second-order valence-corrected chi connectivity index (χ2v) is 7.42. The van der Waals surface area contributed by atoms with E-state index < -0.39 is 0 Å².